The fourth-order valence-electron chi connectivity index (χ4n) is 4.97. The summed E-state index contributed by atoms with van der Waals surface area (Å²) in [4.78, 5) is 29.2. The van der Waals surface area contributed by atoms with Gasteiger partial charge in [0.15, 0.2) is 6.61 Å². The highest BCUT2D eigenvalue weighted by atomic mass is 79.9. The quantitative estimate of drug-likeness (QED) is 0.253. The summed E-state index contributed by atoms with van der Waals surface area (Å²) in [7, 11) is 0. The lowest BCUT2D eigenvalue weighted by Gasteiger charge is -2.32. The van der Waals surface area contributed by atoms with Crippen LogP contribution in [0.2, 0.25) is 10.0 Å². The molecule has 1 fully saturated rings. The molecule has 0 radical (unpaired) electrons. The number of hydrogen-bond acceptors (Lipinski definition) is 3. The molecule has 0 bridgehead atoms. The molecule has 4 rings (SSSR count). The first-order chi connectivity index (χ1) is 18.7. The first-order valence-electron chi connectivity index (χ1n) is 13.2. The maximum absolute atomic E-state index is 13.9. The van der Waals surface area contributed by atoms with Gasteiger partial charge in [-0.3, -0.25) is 9.59 Å². The summed E-state index contributed by atoms with van der Waals surface area (Å²) in [6.45, 7) is 3.88. The number of amides is 2. The number of carbonyl (C=O) groups excluding carboxylic acids is 2. The van der Waals surface area contributed by atoms with Gasteiger partial charge in [0.1, 0.15) is 11.8 Å². The Balaban J connectivity index is 1.64. The molecular formula is C31H33BrCl2N2O3. The zero-order chi connectivity index (χ0) is 27.9. The summed E-state index contributed by atoms with van der Waals surface area (Å²) in [6, 6.07) is 18.1. The zero-order valence-corrected chi connectivity index (χ0v) is 25.3. The van der Waals surface area contributed by atoms with Crippen molar-refractivity contribution in [1.29, 1.82) is 0 Å². The van der Waals surface area contributed by atoms with Crippen LogP contribution in [-0.2, 0) is 22.6 Å². The van der Waals surface area contributed by atoms with Crippen LogP contribution in [0.15, 0.2) is 65.1 Å². The van der Waals surface area contributed by atoms with Crippen molar-refractivity contribution in [3.05, 3.63) is 97.4 Å². The summed E-state index contributed by atoms with van der Waals surface area (Å²) in [5, 5.41) is 4.15. The Bertz CT molecular complexity index is 1290. The van der Waals surface area contributed by atoms with Gasteiger partial charge in [0.2, 0.25) is 5.91 Å². The van der Waals surface area contributed by atoms with E-state index in [0.717, 1.165) is 46.8 Å². The lowest BCUT2D eigenvalue weighted by Crippen LogP contribution is -2.53. The molecule has 206 valence electrons. The van der Waals surface area contributed by atoms with E-state index in [9.17, 15) is 9.59 Å². The van der Waals surface area contributed by atoms with Crippen LogP contribution in [0.5, 0.6) is 5.75 Å². The highest BCUT2D eigenvalue weighted by Crippen LogP contribution is 2.28. The molecule has 0 unspecified atom stereocenters. The van der Waals surface area contributed by atoms with Crippen LogP contribution < -0.4 is 10.1 Å². The number of nitrogens with one attached hydrogen (secondary N) is 1. The second kappa shape index (κ2) is 13.7. The van der Waals surface area contributed by atoms with Crippen molar-refractivity contribution in [3.8, 4) is 5.75 Å². The standard InChI is InChI=1S/C31H33BrCl2N2O3/c1-20-14-26(15-21(2)30(20)32)39-19-29(37)36(18-23-12-13-24(33)17-27(23)34)28(16-22-8-4-3-5-9-22)31(38)35-25-10-6-7-11-25/h3-5,8-9,12-15,17,25,28H,6-7,10-11,16,18-19H2,1-2H3,(H,35,38)/t28-/m1/s1. The number of carbonyl (C=O) groups is 2. The molecule has 39 heavy (non-hydrogen) atoms. The van der Waals surface area contributed by atoms with Crippen LogP contribution in [0, 0.1) is 13.8 Å². The lowest BCUT2D eigenvalue weighted by molar-refractivity contribution is -0.143. The van der Waals surface area contributed by atoms with Crippen molar-refractivity contribution in [2.24, 2.45) is 0 Å². The summed E-state index contributed by atoms with van der Waals surface area (Å²) in [5.74, 6) is 0.127. The minimum absolute atomic E-state index is 0.122. The topological polar surface area (TPSA) is 58.6 Å². The fraction of sp³-hybridized carbons (Fsp3) is 0.355. The van der Waals surface area contributed by atoms with Crippen molar-refractivity contribution in [2.45, 2.75) is 64.6 Å². The van der Waals surface area contributed by atoms with E-state index in [2.05, 4.69) is 21.2 Å². The molecule has 1 atom stereocenters. The van der Waals surface area contributed by atoms with Crippen molar-refractivity contribution < 1.29 is 14.3 Å². The third-order valence-electron chi connectivity index (χ3n) is 7.10. The van der Waals surface area contributed by atoms with Gasteiger partial charge in [0, 0.05) is 33.5 Å². The highest BCUT2D eigenvalue weighted by molar-refractivity contribution is 9.10. The number of nitrogens with zero attached hydrogens (tertiary/aromatic N) is 1. The van der Waals surface area contributed by atoms with Crippen molar-refractivity contribution in [2.75, 3.05) is 6.61 Å². The third-order valence-corrected chi connectivity index (χ3v) is 8.94. The maximum atomic E-state index is 13.9. The Morgan fingerprint density at radius 2 is 1.69 bits per heavy atom. The van der Waals surface area contributed by atoms with Gasteiger partial charge in [-0.25, -0.2) is 0 Å². The highest BCUT2D eigenvalue weighted by Gasteiger charge is 2.32. The Labute approximate surface area is 249 Å². The summed E-state index contributed by atoms with van der Waals surface area (Å²) < 4.78 is 6.97. The van der Waals surface area contributed by atoms with E-state index in [1.165, 1.54) is 0 Å². The van der Waals surface area contributed by atoms with E-state index in [0.29, 0.717) is 27.8 Å². The van der Waals surface area contributed by atoms with Gasteiger partial charge in [-0.05, 0) is 73.2 Å². The summed E-state index contributed by atoms with van der Waals surface area (Å²) >= 11 is 16.2. The van der Waals surface area contributed by atoms with Crippen molar-refractivity contribution in [3.63, 3.8) is 0 Å². The molecule has 0 heterocycles. The average molecular weight is 632 g/mol. The molecule has 3 aromatic carbocycles. The van der Waals surface area contributed by atoms with E-state index in [1.807, 2.05) is 56.3 Å². The molecule has 0 aliphatic heterocycles. The second-order valence-corrected chi connectivity index (χ2v) is 11.7. The fourth-order valence-corrected chi connectivity index (χ4v) is 5.67. The minimum atomic E-state index is -0.746. The largest absolute Gasteiger partial charge is 0.484 e. The van der Waals surface area contributed by atoms with Gasteiger partial charge < -0.3 is 15.0 Å². The zero-order valence-electron chi connectivity index (χ0n) is 22.2. The minimum Gasteiger partial charge on any atom is -0.484 e. The molecule has 1 N–H and O–H groups in total. The molecule has 0 saturated heterocycles. The molecular weight excluding hydrogens is 599 g/mol. The number of benzene rings is 3. The first-order valence-corrected chi connectivity index (χ1v) is 14.7. The van der Waals surface area contributed by atoms with Gasteiger partial charge in [-0.1, -0.05) is 88.4 Å². The van der Waals surface area contributed by atoms with Gasteiger partial charge in [0.25, 0.3) is 5.91 Å². The number of rotatable bonds is 10. The molecule has 1 aliphatic carbocycles. The van der Waals surface area contributed by atoms with Gasteiger partial charge in [-0.2, -0.15) is 0 Å². The predicted octanol–water partition coefficient (Wildman–Crippen LogP) is 7.45. The predicted molar refractivity (Wildman–Crippen MR) is 160 cm³/mol. The van der Waals surface area contributed by atoms with Crippen LogP contribution in [0.4, 0.5) is 0 Å². The van der Waals surface area contributed by atoms with Gasteiger partial charge >= 0.3 is 0 Å². The lowest BCUT2D eigenvalue weighted by atomic mass is 10.0. The Hall–Kier alpha value is -2.54. The Morgan fingerprint density at radius 3 is 2.33 bits per heavy atom. The number of halogens is 3. The van der Waals surface area contributed by atoms with Crippen LogP contribution >= 0.6 is 39.1 Å². The molecule has 1 aliphatic rings. The average Bonchev–Trinajstić information content (AvgIpc) is 3.42. The molecule has 5 nitrogen and oxygen atoms in total. The van der Waals surface area contributed by atoms with E-state index in [-0.39, 0.29) is 31.0 Å². The molecule has 0 aromatic heterocycles. The monoisotopic (exact) mass is 630 g/mol. The van der Waals surface area contributed by atoms with Gasteiger partial charge in [-0.15, -0.1) is 0 Å². The van der Waals surface area contributed by atoms with E-state index >= 15 is 0 Å². The third kappa shape index (κ3) is 8.00. The maximum Gasteiger partial charge on any atom is 0.261 e. The molecule has 2 amide bonds. The molecule has 8 heteroatoms. The van der Waals surface area contributed by atoms with Crippen LogP contribution in [0.25, 0.3) is 0 Å². The van der Waals surface area contributed by atoms with E-state index < -0.39 is 6.04 Å². The summed E-state index contributed by atoms with van der Waals surface area (Å²) in [5.41, 5.74) is 3.70. The first kappa shape index (κ1) is 29.4. The van der Waals surface area contributed by atoms with Crippen LogP contribution in [-0.4, -0.2) is 35.4 Å². The summed E-state index contributed by atoms with van der Waals surface area (Å²) in [6.07, 6.45) is 4.46. The van der Waals surface area contributed by atoms with Gasteiger partial charge in [0.05, 0.1) is 0 Å². The Kier molecular flexibility index (Phi) is 10.3. The molecule has 3 aromatic rings. The number of hydrogen-bond donors (Lipinski definition) is 1. The number of ether oxygens (including phenoxy) is 1. The Morgan fingerprint density at radius 1 is 1.03 bits per heavy atom. The van der Waals surface area contributed by atoms with E-state index in [1.54, 1.807) is 23.1 Å². The molecule has 0 spiro atoms. The normalized spacial score (nSPS) is 14.2. The second-order valence-electron chi connectivity index (χ2n) is 10.1. The van der Waals surface area contributed by atoms with Crippen molar-refractivity contribution >= 4 is 50.9 Å². The van der Waals surface area contributed by atoms with E-state index in [4.69, 9.17) is 27.9 Å². The van der Waals surface area contributed by atoms with Crippen LogP contribution in [0.3, 0.4) is 0 Å². The van der Waals surface area contributed by atoms with Crippen molar-refractivity contribution in [1.82, 2.24) is 10.2 Å². The van der Waals surface area contributed by atoms with Crippen LogP contribution in [0.1, 0.15) is 47.9 Å². The smallest absolute Gasteiger partial charge is 0.261 e. The number of aryl methyl sites for hydroxylation is 2. The SMILES string of the molecule is Cc1cc(OCC(=O)N(Cc2ccc(Cl)cc2Cl)[C@H](Cc2ccccc2)C(=O)NC2CCCC2)cc(C)c1Br. The molecule has 1 saturated carbocycles.